The minimum Gasteiger partial charge on any atom is -0.405 e. The molecular formula is C13H17BrF3NO. The van der Waals surface area contributed by atoms with Crippen LogP contribution in [0.1, 0.15) is 38.3 Å². The minimum atomic E-state index is -4.71. The summed E-state index contributed by atoms with van der Waals surface area (Å²) in [5.41, 5.74) is 6.33. The van der Waals surface area contributed by atoms with Crippen LogP contribution in [-0.4, -0.2) is 6.36 Å². The molecule has 0 bridgehead atoms. The summed E-state index contributed by atoms with van der Waals surface area (Å²) >= 11 is 3.23. The second-order valence-corrected chi connectivity index (χ2v) is 5.72. The van der Waals surface area contributed by atoms with Gasteiger partial charge in [-0.15, -0.1) is 13.2 Å². The Hall–Kier alpha value is -0.750. The number of rotatable bonds is 5. The van der Waals surface area contributed by atoms with E-state index in [4.69, 9.17) is 5.73 Å². The molecule has 0 amide bonds. The third-order valence-corrected chi connectivity index (χ3v) is 3.15. The Morgan fingerprint density at radius 2 is 1.89 bits per heavy atom. The largest absolute Gasteiger partial charge is 0.573 e. The van der Waals surface area contributed by atoms with E-state index in [1.165, 1.54) is 12.1 Å². The van der Waals surface area contributed by atoms with E-state index >= 15 is 0 Å². The summed E-state index contributed by atoms with van der Waals surface area (Å²) in [7, 11) is 0. The van der Waals surface area contributed by atoms with E-state index in [1.54, 1.807) is 6.07 Å². The van der Waals surface area contributed by atoms with Crippen LogP contribution in [0.4, 0.5) is 13.2 Å². The van der Waals surface area contributed by atoms with Crippen LogP contribution in [-0.2, 0) is 0 Å². The average molecular weight is 340 g/mol. The molecule has 1 atom stereocenters. The first-order valence-electron chi connectivity index (χ1n) is 6.00. The molecule has 108 valence electrons. The normalized spacial score (nSPS) is 13.7. The van der Waals surface area contributed by atoms with Gasteiger partial charge in [0.05, 0.1) is 0 Å². The molecule has 0 heterocycles. The summed E-state index contributed by atoms with van der Waals surface area (Å²) in [6.45, 7) is 4.08. The maximum absolute atomic E-state index is 12.3. The highest BCUT2D eigenvalue weighted by Gasteiger charge is 2.32. The van der Waals surface area contributed by atoms with Gasteiger partial charge < -0.3 is 10.5 Å². The van der Waals surface area contributed by atoms with Crippen LogP contribution in [0.2, 0.25) is 0 Å². The predicted octanol–water partition coefficient (Wildman–Crippen LogP) is 4.78. The summed E-state index contributed by atoms with van der Waals surface area (Å²) in [5, 5.41) is 0. The van der Waals surface area contributed by atoms with Gasteiger partial charge in [-0.3, -0.25) is 0 Å². The summed E-state index contributed by atoms with van der Waals surface area (Å²) in [6, 6.07) is 3.88. The van der Waals surface area contributed by atoms with Crippen molar-refractivity contribution in [2.45, 2.75) is 39.1 Å². The lowest BCUT2D eigenvalue weighted by Crippen LogP contribution is -2.20. The number of benzene rings is 1. The fraction of sp³-hybridized carbons (Fsp3) is 0.538. The fourth-order valence-electron chi connectivity index (χ4n) is 1.70. The molecule has 0 fully saturated rings. The van der Waals surface area contributed by atoms with Crippen LogP contribution >= 0.6 is 15.9 Å². The first kappa shape index (κ1) is 16.3. The van der Waals surface area contributed by atoms with E-state index in [9.17, 15) is 13.2 Å². The fourth-order valence-corrected chi connectivity index (χ4v) is 2.07. The molecule has 0 aliphatic carbocycles. The lowest BCUT2D eigenvalue weighted by molar-refractivity contribution is -0.275. The Balaban J connectivity index is 2.93. The van der Waals surface area contributed by atoms with Gasteiger partial charge in [-0.2, -0.15) is 0 Å². The van der Waals surface area contributed by atoms with Crippen molar-refractivity contribution in [3.8, 4) is 5.75 Å². The summed E-state index contributed by atoms with van der Waals surface area (Å²) < 4.78 is 41.7. The standard InChI is InChI=1S/C13H17BrF3NO/c1-8(2)3-5-11(18)10-7-9(14)4-6-12(10)19-13(15,16)17/h4,6-8,11H,3,5,18H2,1-2H3/t11-/m1/s1. The van der Waals surface area contributed by atoms with Gasteiger partial charge in [0.25, 0.3) is 0 Å². The van der Waals surface area contributed by atoms with Crippen molar-refractivity contribution in [2.75, 3.05) is 0 Å². The Bertz CT molecular complexity index is 421. The molecule has 0 unspecified atom stereocenters. The van der Waals surface area contributed by atoms with E-state index < -0.39 is 12.4 Å². The van der Waals surface area contributed by atoms with Gasteiger partial charge in [-0.05, 0) is 37.0 Å². The van der Waals surface area contributed by atoms with E-state index in [1.807, 2.05) is 13.8 Å². The number of ether oxygens (including phenoxy) is 1. The first-order valence-corrected chi connectivity index (χ1v) is 6.79. The first-order chi connectivity index (χ1) is 8.69. The molecule has 0 aromatic heterocycles. The maximum Gasteiger partial charge on any atom is 0.573 e. The molecule has 0 saturated carbocycles. The highest BCUT2D eigenvalue weighted by molar-refractivity contribution is 9.10. The Morgan fingerprint density at radius 3 is 2.42 bits per heavy atom. The average Bonchev–Trinajstić information content (AvgIpc) is 2.26. The molecular weight excluding hydrogens is 323 g/mol. The molecule has 6 heteroatoms. The van der Waals surface area contributed by atoms with E-state index in [0.717, 1.165) is 6.42 Å². The molecule has 2 nitrogen and oxygen atoms in total. The molecule has 0 aliphatic rings. The van der Waals surface area contributed by atoms with E-state index in [2.05, 4.69) is 20.7 Å². The molecule has 0 aliphatic heterocycles. The Labute approximate surface area is 119 Å². The predicted molar refractivity (Wildman–Crippen MR) is 71.8 cm³/mol. The van der Waals surface area contributed by atoms with E-state index in [0.29, 0.717) is 22.4 Å². The zero-order valence-electron chi connectivity index (χ0n) is 10.8. The molecule has 1 aromatic rings. The third kappa shape index (κ3) is 5.82. The zero-order chi connectivity index (χ0) is 14.6. The number of halogens is 4. The Kier molecular flexibility index (Phi) is 5.67. The number of nitrogens with two attached hydrogens (primary N) is 1. The maximum atomic E-state index is 12.3. The van der Waals surface area contributed by atoms with Crippen molar-refractivity contribution in [1.29, 1.82) is 0 Å². The van der Waals surface area contributed by atoms with Gasteiger partial charge in [0.15, 0.2) is 0 Å². The number of hydrogen-bond donors (Lipinski definition) is 1. The molecule has 0 spiro atoms. The molecule has 0 radical (unpaired) electrons. The molecule has 19 heavy (non-hydrogen) atoms. The van der Waals surface area contributed by atoms with Crippen LogP contribution in [0.5, 0.6) is 5.75 Å². The van der Waals surface area contributed by atoms with Gasteiger partial charge in [0, 0.05) is 16.1 Å². The van der Waals surface area contributed by atoms with E-state index in [-0.39, 0.29) is 5.75 Å². The summed E-state index contributed by atoms with van der Waals surface area (Å²) in [5.74, 6) is 0.220. The lowest BCUT2D eigenvalue weighted by atomic mass is 9.98. The quantitative estimate of drug-likeness (QED) is 0.837. The monoisotopic (exact) mass is 339 g/mol. The topological polar surface area (TPSA) is 35.2 Å². The zero-order valence-corrected chi connectivity index (χ0v) is 12.4. The van der Waals surface area contributed by atoms with Crippen molar-refractivity contribution in [2.24, 2.45) is 11.7 Å². The second-order valence-electron chi connectivity index (χ2n) is 4.81. The Morgan fingerprint density at radius 1 is 1.26 bits per heavy atom. The van der Waals surface area contributed by atoms with Gasteiger partial charge in [-0.25, -0.2) is 0 Å². The van der Waals surface area contributed by atoms with Crippen molar-refractivity contribution in [3.05, 3.63) is 28.2 Å². The highest BCUT2D eigenvalue weighted by Crippen LogP contribution is 2.33. The summed E-state index contributed by atoms with van der Waals surface area (Å²) in [4.78, 5) is 0. The minimum absolute atomic E-state index is 0.230. The van der Waals surface area contributed by atoms with Crippen molar-refractivity contribution >= 4 is 15.9 Å². The van der Waals surface area contributed by atoms with Crippen LogP contribution in [0.25, 0.3) is 0 Å². The number of hydrogen-bond acceptors (Lipinski definition) is 2. The van der Waals surface area contributed by atoms with Crippen LogP contribution in [0.3, 0.4) is 0 Å². The van der Waals surface area contributed by atoms with Crippen molar-refractivity contribution in [3.63, 3.8) is 0 Å². The highest BCUT2D eigenvalue weighted by atomic mass is 79.9. The molecule has 0 saturated heterocycles. The smallest absolute Gasteiger partial charge is 0.405 e. The van der Waals surface area contributed by atoms with Crippen molar-refractivity contribution < 1.29 is 17.9 Å². The molecule has 1 rings (SSSR count). The van der Waals surface area contributed by atoms with Crippen molar-refractivity contribution in [1.82, 2.24) is 0 Å². The van der Waals surface area contributed by atoms with Crippen LogP contribution < -0.4 is 10.5 Å². The molecule has 1 aromatic carbocycles. The number of alkyl halides is 3. The van der Waals surface area contributed by atoms with Gasteiger partial charge >= 0.3 is 6.36 Å². The SMILES string of the molecule is CC(C)CC[C@@H](N)c1cc(Br)ccc1OC(F)(F)F. The second kappa shape index (κ2) is 6.61. The van der Waals surface area contributed by atoms with Gasteiger partial charge in [0.1, 0.15) is 5.75 Å². The lowest BCUT2D eigenvalue weighted by Gasteiger charge is -2.19. The van der Waals surface area contributed by atoms with Gasteiger partial charge in [-0.1, -0.05) is 29.8 Å². The van der Waals surface area contributed by atoms with Gasteiger partial charge in [0.2, 0.25) is 0 Å². The molecule has 2 N–H and O–H groups in total. The van der Waals surface area contributed by atoms with Crippen LogP contribution in [0, 0.1) is 5.92 Å². The summed E-state index contributed by atoms with van der Waals surface area (Å²) in [6.07, 6.45) is -3.25. The third-order valence-electron chi connectivity index (χ3n) is 2.65. The van der Waals surface area contributed by atoms with Crippen LogP contribution in [0.15, 0.2) is 22.7 Å².